The molecule has 1 N–H and O–H groups in total. The minimum atomic E-state index is -4.72. The highest BCUT2D eigenvalue weighted by atomic mass is 19.4. The van der Waals surface area contributed by atoms with Crippen LogP contribution >= 0.6 is 0 Å². The first kappa shape index (κ1) is 21.6. The van der Waals surface area contributed by atoms with E-state index in [1.54, 1.807) is 29.2 Å². The van der Waals surface area contributed by atoms with Crippen LogP contribution in [-0.2, 0) is 17.5 Å². The van der Waals surface area contributed by atoms with Gasteiger partial charge in [0.25, 0.3) is 0 Å². The lowest BCUT2D eigenvalue weighted by molar-refractivity contribution is -0.159. The number of halogens is 3. The fraction of sp³-hybridized carbons (Fsp3) is 0.474. The maximum atomic E-state index is 13.0. The smallest absolute Gasteiger partial charge is 0.465 e. The van der Waals surface area contributed by atoms with Crippen molar-refractivity contribution < 1.29 is 32.4 Å². The van der Waals surface area contributed by atoms with Crippen molar-refractivity contribution in [1.29, 1.82) is 0 Å². The largest absolute Gasteiger partial charge is 0.471 e. The molecule has 2 heterocycles. The molecule has 30 heavy (non-hydrogen) atoms. The van der Waals surface area contributed by atoms with Gasteiger partial charge in [0.2, 0.25) is 11.7 Å². The Morgan fingerprint density at radius 3 is 2.33 bits per heavy atom. The van der Waals surface area contributed by atoms with Crippen LogP contribution in [0.5, 0.6) is 0 Å². The quantitative estimate of drug-likeness (QED) is 0.807. The summed E-state index contributed by atoms with van der Waals surface area (Å²) < 4.78 is 42.0. The average molecular weight is 426 g/mol. The van der Waals surface area contributed by atoms with E-state index in [0.29, 0.717) is 5.56 Å². The summed E-state index contributed by atoms with van der Waals surface area (Å²) in [6.07, 6.45) is -5.85. The van der Waals surface area contributed by atoms with Gasteiger partial charge in [0.1, 0.15) is 6.04 Å². The van der Waals surface area contributed by atoms with Gasteiger partial charge in [0.15, 0.2) is 0 Å². The number of hydrogen-bond donors (Lipinski definition) is 1. The number of nitrogens with zero attached hydrogens (tertiary/aromatic N) is 4. The maximum Gasteiger partial charge on any atom is 0.471 e. The molecule has 1 unspecified atom stereocenters. The van der Waals surface area contributed by atoms with Gasteiger partial charge >= 0.3 is 18.2 Å². The Labute approximate surface area is 170 Å². The van der Waals surface area contributed by atoms with Crippen LogP contribution in [-0.4, -0.2) is 56.2 Å². The van der Waals surface area contributed by atoms with Crippen LogP contribution in [0.2, 0.25) is 0 Å². The number of carboxylic acid groups (broad SMARTS) is 1. The number of hydrogen-bond acceptors (Lipinski definition) is 5. The monoisotopic (exact) mass is 426 g/mol. The zero-order chi connectivity index (χ0) is 22.3. The minimum Gasteiger partial charge on any atom is -0.465 e. The summed E-state index contributed by atoms with van der Waals surface area (Å²) in [5, 5.41) is 12.8. The molecule has 3 rings (SSSR count). The standard InChI is InChI=1S/C19H21F3N4O4/c1-18(2,3)13-15(27)25(8-9-26(13)17(28)29)10-11-4-6-12(7-5-11)14-23-16(30-24-14)19(20,21)22/h4-7,13H,8-10H2,1-3H3,(H,28,29). The maximum absolute atomic E-state index is 13.0. The Balaban J connectivity index is 1.74. The van der Waals surface area contributed by atoms with E-state index in [2.05, 4.69) is 14.7 Å². The van der Waals surface area contributed by atoms with Crippen molar-refractivity contribution in [1.82, 2.24) is 19.9 Å². The number of alkyl halides is 3. The van der Waals surface area contributed by atoms with Gasteiger partial charge in [-0.2, -0.15) is 18.2 Å². The molecular formula is C19H21F3N4O4. The molecule has 1 aliphatic rings. The Morgan fingerprint density at radius 2 is 1.83 bits per heavy atom. The Kier molecular flexibility index (Phi) is 5.48. The molecule has 1 saturated heterocycles. The molecule has 11 heteroatoms. The van der Waals surface area contributed by atoms with E-state index in [4.69, 9.17) is 0 Å². The van der Waals surface area contributed by atoms with Crippen molar-refractivity contribution in [2.45, 2.75) is 39.5 Å². The number of amides is 2. The second-order valence-corrected chi connectivity index (χ2v) is 8.12. The Bertz CT molecular complexity index is 934. The van der Waals surface area contributed by atoms with Crippen molar-refractivity contribution in [2.24, 2.45) is 5.41 Å². The third kappa shape index (κ3) is 4.39. The van der Waals surface area contributed by atoms with Gasteiger partial charge in [-0.1, -0.05) is 50.2 Å². The second kappa shape index (κ2) is 7.62. The lowest BCUT2D eigenvalue weighted by atomic mass is 9.83. The van der Waals surface area contributed by atoms with Crippen LogP contribution in [0.3, 0.4) is 0 Å². The summed E-state index contributed by atoms with van der Waals surface area (Å²) in [6, 6.07) is 5.59. The number of rotatable bonds is 3. The Morgan fingerprint density at radius 1 is 1.20 bits per heavy atom. The number of benzene rings is 1. The molecule has 0 aliphatic carbocycles. The van der Waals surface area contributed by atoms with Gasteiger partial charge in [0.05, 0.1) is 0 Å². The fourth-order valence-corrected chi connectivity index (χ4v) is 3.41. The van der Waals surface area contributed by atoms with Crippen LogP contribution < -0.4 is 0 Å². The molecule has 1 aromatic heterocycles. The van der Waals surface area contributed by atoms with Crippen molar-refractivity contribution in [3.05, 3.63) is 35.7 Å². The summed E-state index contributed by atoms with van der Waals surface area (Å²) in [5.74, 6) is -1.89. The molecule has 0 spiro atoms. The minimum absolute atomic E-state index is 0.187. The molecule has 2 aromatic rings. The molecule has 0 bridgehead atoms. The molecule has 0 saturated carbocycles. The first-order valence-corrected chi connectivity index (χ1v) is 9.16. The van der Waals surface area contributed by atoms with Gasteiger partial charge in [-0.25, -0.2) is 4.79 Å². The van der Waals surface area contributed by atoms with Crippen molar-refractivity contribution >= 4 is 12.0 Å². The fourth-order valence-electron chi connectivity index (χ4n) is 3.41. The van der Waals surface area contributed by atoms with Crippen molar-refractivity contribution in [3.8, 4) is 11.4 Å². The van der Waals surface area contributed by atoms with E-state index in [-0.39, 0.29) is 31.4 Å². The van der Waals surface area contributed by atoms with Gasteiger partial charge in [0, 0.05) is 25.2 Å². The molecule has 1 atom stereocenters. The highest BCUT2D eigenvalue weighted by molar-refractivity contribution is 5.87. The van der Waals surface area contributed by atoms with Gasteiger partial charge in [-0.15, -0.1) is 0 Å². The first-order chi connectivity index (χ1) is 13.9. The summed E-state index contributed by atoms with van der Waals surface area (Å²) in [7, 11) is 0. The molecule has 1 fully saturated rings. The second-order valence-electron chi connectivity index (χ2n) is 8.12. The van der Waals surface area contributed by atoms with Crippen molar-refractivity contribution in [3.63, 3.8) is 0 Å². The molecule has 2 amide bonds. The highest BCUT2D eigenvalue weighted by Gasteiger charge is 2.44. The van der Waals surface area contributed by atoms with Crippen LogP contribution in [0.15, 0.2) is 28.8 Å². The van der Waals surface area contributed by atoms with E-state index in [0.717, 1.165) is 10.5 Å². The molecule has 162 valence electrons. The van der Waals surface area contributed by atoms with Gasteiger partial charge in [-0.05, 0) is 11.0 Å². The summed E-state index contributed by atoms with van der Waals surface area (Å²) in [6.45, 7) is 6.13. The number of piperazine rings is 1. The summed E-state index contributed by atoms with van der Waals surface area (Å²) >= 11 is 0. The van der Waals surface area contributed by atoms with Crippen LogP contribution in [0, 0.1) is 5.41 Å². The zero-order valence-electron chi connectivity index (χ0n) is 16.6. The Hall–Kier alpha value is -3.11. The normalized spacial score (nSPS) is 18.1. The molecular weight excluding hydrogens is 405 g/mol. The third-order valence-electron chi connectivity index (χ3n) is 4.79. The lowest BCUT2D eigenvalue weighted by Gasteiger charge is -2.44. The third-order valence-corrected chi connectivity index (χ3v) is 4.79. The van der Waals surface area contributed by atoms with Crippen molar-refractivity contribution in [2.75, 3.05) is 13.1 Å². The van der Waals surface area contributed by atoms with E-state index in [9.17, 15) is 27.9 Å². The number of carbonyl (C=O) groups excluding carboxylic acids is 1. The van der Waals surface area contributed by atoms with E-state index < -0.39 is 29.6 Å². The average Bonchev–Trinajstić information content (AvgIpc) is 3.13. The molecule has 1 aromatic carbocycles. The topological polar surface area (TPSA) is 99.8 Å². The summed E-state index contributed by atoms with van der Waals surface area (Å²) in [5.41, 5.74) is 0.503. The van der Waals surface area contributed by atoms with Gasteiger partial charge < -0.3 is 14.5 Å². The van der Waals surface area contributed by atoms with E-state index in [1.165, 1.54) is 0 Å². The number of aromatic nitrogens is 2. The zero-order valence-corrected chi connectivity index (χ0v) is 16.6. The predicted molar refractivity (Wildman–Crippen MR) is 98.1 cm³/mol. The molecule has 0 radical (unpaired) electrons. The highest BCUT2D eigenvalue weighted by Crippen LogP contribution is 2.31. The van der Waals surface area contributed by atoms with Gasteiger partial charge in [-0.3, -0.25) is 9.69 Å². The van der Waals surface area contributed by atoms with E-state index in [1.807, 2.05) is 20.8 Å². The van der Waals surface area contributed by atoms with Crippen LogP contribution in [0.25, 0.3) is 11.4 Å². The lowest BCUT2D eigenvalue weighted by Crippen LogP contribution is -2.62. The predicted octanol–water partition coefficient (Wildman–Crippen LogP) is 3.49. The van der Waals surface area contributed by atoms with Crippen LogP contribution in [0.4, 0.5) is 18.0 Å². The SMILES string of the molecule is CC(C)(C)C1C(=O)N(Cc2ccc(-c3noc(C(F)(F)F)n3)cc2)CCN1C(=O)O. The van der Waals surface area contributed by atoms with E-state index >= 15 is 0 Å². The molecule has 8 nitrogen and oxygen atoms in total. The number of carbonyl (C=O) groups is 2. The molecule has 1 aliphatic heterocycles. The van der Waals surface area contributed by atoms with Crippen LogP contribution in [0.1, 0.15) is 32.2 Å². The first-order valence-electron chi connectivity index (χ1n) is 9.16. The summed E-state index contributed by atoms with van der Waals surface area (Å²) in [4.78, 5) is 30.6.